The largest absolute Gasteiger partial charge is 0.483 e. The Kier molecular flexibility index (Phi) is 31.7. The molecule has 0 atom stereocenters. The molecule has 0 spiro atoms. The summed E-state index contributed by atoms with van der Waals surface area (Å²) in [6.07, 6.45) is 4.60. The van der Waals surface area contributed by atoms with Crippen molar-refractivity contribution in [2.24, 2.45) is 0 Å². The Bertz CT molecular complexity index is 201. The highest BCUT2D eigenvalue weighted by molar-refractivity contribution is 5.86. The van der Waals surface area contributed by atoms with Crippen molar-refractivity contribution < 1.29 is 19.8 Å². The number of aliphatic carboxylic acids is 1. The molecule has 0 bridgehead atoms. The third-order valence-corrected chi connectivity index (χ3v) is 0.232. The zero-order valence-electron chi connectivity index (χ0n) is 6.87. The van der Waals surface area contributed by atoms with E-state index in [1.807, 2.05) is 5.92 Å². The van der Waals surface area contributed by atoms with Gasteiger partial charge in [-0.05, 0) is 13.8 Å². The summed E-state index contributed by atoms with van der Waals surface area (Å²) in [4.78, 5) is 17.8. The van der Waals surface area contributed by atoms with Crippen molar-refractivity contribution in [1.82, 2.24) is 0 Å². The van der Waals surface area contributed by atoms with Gasteiger partial charge in [-0.3, -0.25) is 4.79 Å². The highest BCUT2D eigenvalue weighted by Crippen LogP contribution is 1.51. The van der Waals surface area contributed by atoms with Gasteiger partial charge in [0.15, 0.2) is 0 Å². The van der Waals surface area contributed by atoms with Crippen LogP contribution in [0.3, 0.4) is 0 Å². The summed E-state index contributed by atoms with van der Waals surface area (Å²) in [6.45, 7) is 2.88. The molecule has 0 aromatic rings. The summed E-state index contributed by atoms with van der Waals surface area (Å²) in [5.74, 6) is 5.27. The average Bonchev–Trinajstić information content (AvgIpc) is 1.89. The maximum Gasteiger partial charge on any atom is 0.381 e. The molecular formula is C8H10O4. The summed E-state index contributed by atoms with van der Waals surface area (Å²) in [7, 11) is 0. The van der Waals surface area contributed by atoms with E-state index in [4.69, 9.17) is 15.0 Å². The van der Waals surface area contributed by atoms with E-state index in [1.165, 1.54) is 6.92 Å². The lowest BCUT2D eigenvalue weighted by Gasteiger charge is -1.63. The average molecular weight is 170 g/mol. The molecule has 0 radical (unpaired) electrons. The second kappa shape index (κ2) is 23.0. The number of carbonyl (C=O) groups is 2. The SMILES string of the molecule is C#CC.CC#CC(=O)O.O=CO. The number of carboxylic acids is 1. The third-order valence-electron chi connectivity index (χ3n) is 0.232. The first-order valence-electron chi connectivity index (χ1n) is 2.71. The lowest BCUT2D eigenvalue weighted by molar-refractivity contribution is -0.130. The lowest BCUT2D eigenvalue weighted by Crippen LogP contribution is -1.84. The molecule has 0 saturated heterocycles. The third kappa shape index (κ3) is 358. The molecule has 66 valence electrons. The molecule has 0 aliphatic heterocycles. The van der Waals surface area contributed by atoms with Gasteiger partial charge in [0.2, 0.25) is 0 Å². The van der Waals surface area contributed by atoms with Crippen molar-refractivity contribution in [2.75, 3.05) is 0 Å². The van der Waals surface area contributed by atoms with E-state index in [0.717, 1.165) is 0 Å². The van der Waals surface area contributed by atoms with Gasteiger partial charge in [-0.25, -0.2) is 4.79 Å². The van der Waals surface area contributed by atoms with Gasteiger partial charge in [0.25, 0.3) is 6.47 Å². The minimum absolute atomic E-state index is 0.250. The monoisotopic (exact) mass is 170 g/mol. The summed E-state index contributed by atoms with van der Waals surface area (Å²) in [5.41, 5.74) is 0. The van der Waals surface area contributed by atoms with Crippen molar-refractivity contribution in [3.05, 3.63) is 0 Å². The van der Waals surface area contributed by atoms with Gasteiger partial charge in [-0.1, -0.05) is 5.92 Å². The van der Waals surface area contributed by atoms with Gasteiger partial charge in [0.05, 0.1) is 0 Å². The summed E-state index contributed by atoms with van der Waals surface area (Å²) >= 11 is 0. The van der Waals surface area contributed by atoms with Gasteiger partial charge in [-0.15, -0.1) is 12.3 Å². The van der Waals surface area contributed by atoms with Crippen LogP contribution < -0.4 is 0 Å². The highest BCUT2D eigenvalue weighted by atomic mass is 16.4. The first-order chi connectivity index (χ1) is 5.60. The van der Waals surface area contributed by atoms with Gasteiger partial charge < -0.3 is 10.2 Å². The smallest absolute Gasteiger partial charge is 0.381 e. The second-order valence-electron chi connectivity index (χ2n) is 1.07. The molecule has 0 aromatic heterocycles. The summed E-state index contributed by atoms with van der Waals surface area (Å²) < 4.78 is 0. The van der Waals surface area contributed by atoms with Crippen LogP contribution in [0.15, 0.2) is 0 Å². The fraction of sp³-hybridized carbons (Fsp3) is 0.250. The molecule has 0 aromatic carbocycles. The predicted octanol–water partition coefficient (Wildman–Crippen LogP) is 0.435. The molecule has 0 saturated carbocycles. The van der Waals surface area contributed by atoms with Crippen molar-refractivity contribution >= 4 is 12.4 Å². The zero-order chi connectivity index (χ0) is 10.4. The van der Waals surface area contributed by atoms with E-state index in [2.05, 4.69) is 18.3 Å². The van der Waals surface area contributed by atoms with E-state index >= 15 is 0 Å². The lowest BCUT2D eigenvalue weighted by atomic mass is 10.6. The molecule has 4 nitrogen and oxygen atoms in total. The Hall–Kier alpha value is -1.94. The maximum atomic E-state index is 9.43. The molecule has 0 aliphatic rings. The minimum Gasteiger partial charge on any atom is -0.483 e. The number of terminal acetylenes is 1. The van der Waals surface area contributed by atoms with Crippen LogP contribution in [0, 0.1) is 24.2 Å². The van der Waals surface area contributed by atoms with E-state index in [0.29, 0.717) is 0 Å². The molecule has 0 heterocycles. The fourth-order valence-electron chi connectivity index (χ4n) is 0.107. The summed E-state index contributed by atoms with van der Waals surface area (Å²) in [6, 6.07) is 0. The van der Waals surface area contributed by atoms with Crippen LogP contribution in [0.2, 0.25) is 0 Å². The number of hydrogen-bond acceptors (Lipinski definition) is 2. The maximum absolute atomic E-state index is 9.43. The number of rotatable bonds is 0. The Balaban J connectivity index is -0.000000115. The topological polar surface area (TPSA) is 74.6 Å². The minimum atomic E-state index is -1.07. The Morgan fingerprint density at radius 2 is 1.75 bits per heavy atom. The molecule has 4 heteroatoms. The van der Waals surface area contributed by atoms with E-state index in [9.17, 15) is 4.79 Å². The van der Waals surface area contributed by atoms with Crippen LogP contribution in [-0.4, -0.2) is 22.7 Å². The highest BCUT2D eigenvalue weighted by Gasteiger charge is 1.76. The van der Waals surface area contributed by atoms with Crippen LogP contribution in [0.1, 0.15) is 13.8 Å². The van der Waals surface area contributed by atoms with Gasteiger partial charge >= 0.3 is 5.97 Å². The van der Waals surface area contributed by atoms with Crippen molar-refractivity contribution in [2.45, 2.75) is 13.8 Å². The second-order valence-corrected chi connectivity index (χ2v) is 1.07. The van der Waals surface area contributed by atoms with Crippen LogP contribution in [-0.2, 0) is 9.59 Å². The molecule has 0 unspecified atom stereocenters. The molecule has 0 aliphatic carbocycles. The molecular weight excluding hydrogens is 160 g/mol. The van der Waals surface area contributed by atoms with Gasteiger partial charge in [-0.2, -0.15) is 0 Å². The molecule has 2 N–H and O–H groups in total. The Morgan fingerprint density at radius 1 is 1.50 bits per heavy atom. The van der Waals surface area contributed by atoms with Crippen LogP contribution in [0.4, 0.5) is 0 Å². The van der Waals surface area contributed by atoms with Crippen LogP contribution in [0.5, 0.6) is 0 Å². The molecule has 0 amide bonds. The standard InChI is InChI=1S/C4H4O2.C3H4.CH2O2/c1-2-3-4(5)6;1-3-2;2-1-3/h1H3,(H,5,6);1H,2H3;1H,(H,2,3). The molecule has 0 fully saturated rings. The number of carboxylic acid groups (broad SMARTS) is 2. The Labute approximate surface area is 71.2 Å². The van der Waals surface area contributed by atoms with E-state index in [-0.39, 0.29) is 6.47 Å². The van der Waals surface area contributed by atoms with Crippen LogP contribution in [0.25, 0.3) is 0 Å². The van der Waals surface area contributed by atoms with Crippen molar-refractivity contribution in [3.63, 3.8) is 0 Å². The molecule has 0 rings (SSSR count). The summed E-state index contributed by atoms with van der Waals surface area (Å²) in [5, 5.41) is 14.6. The van der Waals surface area contributed by atoms with Gasteiger partial charge in [0, 0.05) is 5.92 Å². The molecule has 12 heavy (non-hydrogen) atoms. The quantitative estimate of drug-likeness (QED) is 0.408. The normalized spacial score (nSPS) is 4.42. The van der Waals surface area contributed by atoms with Crippen molar-refractivity contribution in [1.29, 1.82) is 0 Å². The van der Waals surface area contributed by atoms with Crippen LogP contribution >= 0.6 is 0 Å². The predicted molar refractivity (Wildman–Crippen MR) is 44.3 cm³/mol. The Morgan fingerprint density at radius 3 is 1.75 bits per heavy atom. The first-order valence-corrected chi connectivity index (χ1v) is 2.71. The number of hydrogen-bond donors (Lipinski definition) is 2. The van der Waals surface area contributed by atoms with Crippen molar-refractivity contribution in [3.8, 4) is 24.2 Å². The van der Waals surface area contributed by atoms with E-state index in [1.54, 1.807) is 6.92 Å². The first kappa shape index (κ1) is 16.6. The zero-order valence-corrected chi connectivity index (χ0v) is 6.87. The fourth-order valence-corrected chi connectivity index (χ4v) is 0.107. The van der Waals surface area contributed by atoms with Gasteiger partial charge in [0.1, 0.15) is 0 Å². The van der Waals surface area contributed by atoms with E-state index < -0.39 is 5.97 Å².